The summed E-state index contributed by atoms with van der Waals surface area (Å²) in [6, 6.07) is 4.87. The summed E-state index contributed by atoms with van der Waals surface area (Å²) in [6.07, 6.45) is -0.0633. The smallest absolute Gasteiger partial charge is 0.292 e. The molecule has 21 heavy (non-hydrogen) atoms. The summed E-state index contributed by atoms with van der Waals surface area (Å²) in [4.78, 5) is 14.1. The molecule has 2 heterocycles. The van der Waals surface area contributed by atoms with Gasteiger partial charge in [-0.1, -0.05) is 0 Å². The van der Waals surface area contributed by atoms with Crippen molar-refractivity contribution in [3.05, 3.63) is 23.8 Å². The fourth-order valence-electron chi connectivity index (χ4n) is 2.58. The van der Waals surface area contributed by atoms with Crippen LogP contribution in [0.1, 0.15) is 10.4 Å². The minimum Gasteiger partial charge on any atom is -0.493 e. The Morgan fingerprint density at radius 1 is 1.33 bits per heavy atom. The quantitative estimate of drug-likeness (QED) is 0.918. The van der Waals surface area contributed by atoms with Gasteiger partial charge in [0.05, 0.1) is 20.3 Å². The van der Waals surface area contributed by atoms with Crippen molar-refractivity contribution in [1.82, 2.24) is 4.90 Å². The second kappa shape index (κ2) is 5.48. The van der Waals surface area contributed by atoms with Crippen molar-refractivity contribution in [1.29, 1.82) is 5.41 Å². The largest absolute Gasteiger partial charge is 0.493 e. The van der Waals surface area contributed by atoms with Crippen molar-refractivity contribution < 1.29 is 19.0 Å². The highest BCUT2D eigenvalue weighted by molar-refractivity contribution is 7.99. The van der Waals surface area contributed by atoms with Crippen LogP contribution in [0.4, 0.5) is 0 Å². The fraction of sp³-hybridized carbons (Fsp3) is 0.429. The zero-order valence-electron chi connectivity index (χ0n) is 11.8. The summed E-state index contributed by atoms with van der Waals surface area (Å²) in [5.41, 5.74) is 0.457. The Bertz CT molecular complexity index is 592. The van der Waals surface area contributed by atoms with E-state index in [1.54, 1.807) is 37.1 Å². The molecule has 0 unspecified atom stereocenters. The van der Waals surface area contributed by atoms with Crippen molar-refractivity contribution in [3.63, 3.8) is 0 Å². The number of hydrogen-bond donors (Lipinski definition) is 1. The van der Waals surface area contributed by atoms with Crippen LogP contribution in [0.25, 0.3) is 0 Å². The number of rotatable bonds is 3. The molecule has 0 spiro atoms. The lowest BCUT2D eigenvalue weighted by molar-refractivity contribution is 0.0823. The third kappa shape index (κ3) is 2.31. The van der Waals surface area contributed by atoms with Gasteiger partial charge in [-0.2, -0.15) is 11.8 Å². The molecule has 2 atom stereocenters. The summed E-state index contributed by atoms with van der Waals surface area (Å²) >= 11 is 1.74. The number of carbonyl (C=O) groups excluding carboxylic acids is 1. The highest BCUT2D eigenvalue weighted by Gasteiger charge is 2.46. The van der Waals surface area contributed by atoms with Crippen LogP contribution in [0.2, 0.25) is 0 Å². The van der Waals surface area contributed by atoms with E-state index in [0.29, 0.717) is 17.1 Å². The van der Waals surface area contributed by atoms with E-state index in [1.807, 2.05) is 0 Å². The Hall–Kier alpha value is -1.89. The number of nitrogens with one attached hydrogen (secondary N) is 1. The van der Waals surface area contributed by atoms with Crippen LogP contribution in [-0.4, -0.2) is 54.7 Å². The summed E-state index contributed by atoms with van der Waals surface area (Å²) in [5, 5.41) is 7.88. The molecule has 1 aromatic carbocycles. The normalized spacial score (nSPS) is 23.7. The summed E-state index contributed by atoms with van der Waals surface area (Å²) in [7, 11) is 3.07. The molecule has 2 saturated heterocycles. The maximum Gasteiger partial charge on any atom is 0.292 e. The van der Waals surface area contributed by atoms with Crippen LogP contribution >= 0.6 is 11.8 Å². The number of fused-ring (bicyclic) bond motifs is 1. The van der Waals surface area contributed by atoms with Gasteiger partial charge in [0.15, 0.2) is 11.5 Å². The maximum absolute atomic E-state index is 12.7. The predicted octanol–water partition coefficient (Wildman–Crippen LogP) is 1.59. The molecule has 0 radical (unpaired) electrons. The molecule has 3 rings (SSSR count). The summed E-state index contributed by atoms with van der Waals surface area (Å²) in [5.74, 6) is 2.44. The maximum atomic E-state index is 12.7. The van der Waals surface area contributed by atoms with Gasteiger partial charge >= 0.3 is 0 Å². The van der Waals surface area contributed by atoms with E-state index in [1.165, 1.54) is 12.0 Å². The van der Waals surface area contributed by atoms with Crippen molar-refractivity contribution in [3.8, 4) is 11.5 Å². The van der Waals surface area contributed by atoms with Crippen molar-refractivity contribution in [2.75, 3.05) is 25.7 Å². The average Bonchev–Trinajstić information content (AvgIpc) is 3.05. The van der Waals surface area contributed by atoms with Gasteiger partial charge in [-0.25, -0.2) is 0 Å². The molecule has 1 N–H and O–H groups in total. The number of amidine groups is 1. The second-order valence-electron chi connectivity index (χ2n) is 4.81. The van der Waals surface area contributed by atoms with Gasteiger partial charge < -0.3 is 14.2 Å². The van der Waals surface area contributed by atoms with Crippen LogP contribution in [0.15, 0.2) is 18.2 Å². The first-order valence-electron chi connectivity index (χ1n) is 6.54. The van der Waals surface area contributed by atoms with Crippen LogP contribution in [0.5, 0.6) is 11.5 Å². The number of methoxy groups -OCH3 is 2. The van der Waals surface area contributed by atoms with Crippen molar-refractivity contribution in [2.24, 2.45) is 0 Å². The molecule has 112 valence electrons. The van der Waals surface area contributed by atoms with Crippen LogP contribution in [0.3, 0.4) is 0 Å². The van der Waals surface area contributed by atoms with Gasteiger partial charge in [0.25, 0.3) is 11.9 Å². The standard InChI is InChI=1S/C14H16N2O4S/c1-18-10-4-3-8(5-11(10)19-2)13(17)16-9-6-21-7-12(9)20-14(16)15/h3-5,9,12,15H,6-7H2,1-2H3/t9-,12+/m1/s1. The topological polar surface area (TPSA) is 71.9 Å². The molecule has 1 aromatic rings. The highest BCUT2D eigenvalue weighted by Crippen LogP contribution is 2.34. The monoisotopic (exact) mass is 308 g/mol. The first-order valence-corrected chi connectivity index (χ1v) is 7.69. The van der Waals surface area contributed by atoms with Gasteiger partial charge in [0.1, 0.15) is 6.10 Å². The fourth-order valence-corrected chi connectivity index (χ4v) is 3.84. The Labute approximate surface area is 126 Å². The Morgan fingerprint density at radius 3 is 2.81 bits per heavy atom. The van der Waals surface area contributed by atoms with Gasteiger partial charge in [-0.05, 0) is 18.2 Å². The minimum atomic E-state index is -0.240. The third-order valence-electron chi connectivity index (χ3n) is 3.66. The Kier molecular flexibility index (Phi) is 3.67. The van der Waals surface area contributed by atoms with E-state index in [0.717, 1.165) is 11.5 Å². The van der Waals surface area contributed by atoms with Gasteiger partial charge in [-0.15, -0.1) is 0 Å². The molecule has 0 aromatic heterocycles. The molecule has 0 saturated carbocycles. The number of amides is 1. The summed E-state index contributed by atoms with van der Waals surface area (Å²) in [6.45, 7) is 0. The number of thioether (sulfide) groups is 1. The lowest BCUT2D eigenvalue weighted by Crippen LogP contribution is -2.41. The van der Waals surface area contributed by atoms with Gasteiger partial charge in [0, 0.05) is 17.1 Å². The molecule has 0 bridgehead atoms. The lowest BCUT2D eigenvalue weighted by atomic mass is 10.1. The van der Waals surface area contributed by atoms with Crippen molar-refractivity contribution in [2.45, 2.75) is 12.1 Å². The van der Waals surface area contributed by atoms with E-state index in [2.05, 4.69) is 0 Å². The second-order valence-corrected chi connectivity index (χ2v) is 5.89. The molecule has 2 aliphatic rings. The SMILES string of the molecule is COc1ccc(C(=O)N2C(=N)O[C@H]3CSC[C@H]32)cc1OC. The molecule has 2 aliphatic heterocycles. The van der Waals surface area contributed by atoms with Gasteiger partial charge in [-0.3, -0.25) is 15.1 Å². The van der Waals surface area contributed by atoms with E-state index in [9.17, 15) is 4.79 Å². The van der Waals surface area contributed by atoms with Crippen LogP contribution < -0.4 is 9.47 Å². The van der Waals surface area contributed by atoms with Crippen molar-refractivity contribution >= 4 is 23.7 Å². The van der Waals surface area contributed by atoms with Gasteiger partial charge in [0.2, 0.25) is 0 Å². The van der Waals surface area contributed by atoms with Crippen LogP contribution in [0, 0.1) is 5.41 Å². The predicted molar refractivity (Wildman–Crippen MR) is 79.4 cm³/mol. The number of nitrogens with zero attached hydrogens (tertiary/aromatic N) is 1. The zero-order valence-corrected chi connectivity index (χ0v) is 12.6. The zero-order chi connectivity index (χ0) is 15.0. The summed E-state index contributed by atoms with van der Waals surface area (Å²) < 4.78 is 15.8. The molecule has 1 amide bonds. The first-order chi connectivity index (χ1) is 10.2. The van der Waals surface area contributed by atoms with Crippen LogP contribution in [-0.2, 0) is 4.74 Å². The van der Waals surface area contributed by atoms with E-state index < -0.39 is 0 Å². The average molecular weight is 308 g/mol. The number of hydrogen-bond acceptors (Lipinski definition) is 6. The Morgan fingerprint density at radius 2 is 2.10 bits per heavy atom. The Balaban J connectivity index is 1.89. The highest BCUT2D eigenvalue weighted by atomic mass is 32.2. The van der Waals surface area contributed by atoms with E-state index in [4.69, 9.17) is 19.6 Å². The first kappa shape index (κ1) is 14.1. The molecule has 7 heteroatoms. The minimum absolute atomic E-state index is 0.0527. The number of carbonyl (C=O) groups is 1. The number of ether oxygens (including phenoxy) is 3. The lowest BCUT2D eigenvalue weighted by Gasteiger charge is -2.19. The molecule has 0 aliphatic carbocycles. The van der Waals surface area contributed by atoms with E-state index in [-0.39, 0.29) is 24.1 Å². The molecule has 6 nitrogen and oxygen atoms in total. The third-order valence-corrected chi connectivity index (χ3v) is 4.80. The number of benzene rings is 1. The van der Waals surface area contributed by atoms with E-state index >= 15 is 0 Å². The molecular weight excluding hydrogens is 292 g/mol. The molecule has 2 fully saturated rings. The molecular formula is C14H16N2O4S.